The second kappa shape index (κ2) is 5.54. The van der Waals surface area contributed by atoms with Crippen molar-refractivity contribution in [2.24, 2.45) is 5.41 Å². The zero-order valence-electron chi connectivity index (χ0n) is 13.8. The van der Waals surface area contributed by atoms with Gasteiger partial charge in [0.2, 0.25) is 0 Å². The van der Waals surface area contributed by atoms with Gasteiger partial charge in [-0.05, 0) is 41.0 Å². The van der Waals surface area contributed by atoms with Crippen molar-refractivity contribution in [1.29, 1.82) is 0 Å². The highest BCUT2D eigenvalue weighted by atomic mass is 16.7. The third-order valence-corrected chi connectivity index (χ3v) is 4.44. The highest BCUT2D eigenvalue weighted by Crippen LogP contribution is 2.55. The fraction of sp³-hybridized carbons (Fsp3) is 1.00. The highest BCUT2D eigenvalue weighted by molar-refractivity contribution is 5.04. The molecule has 0 amide bonds. The van der Waals surface area contributed by atoms with E-state index in [4.69, 9.17) is 14.2 Å². The number of hydrogen-bond acceptors (Lipinski definition) is 5. The van der Waals surface area contributed by atoms with Crippen molar-refractivity contribution < 1.29 is 24.4 Å². The monoisotopic (exact) mass is 290 g/mol. The first-order valence-electron chi connectivity index (χ1n) is 7.10. The first-order valence-corrected chi connectivity index (χ1v) is 7.10. The molecule has 1 saturated carbocycles. The molecule has 5 heteroatoms. The smallest absolute Gasteiger partial charge is 0.168 e. The molecule has 20 heavy (non-hydrogen) atoms. The zero-order valence-corrected chi connectivity index (χ0v) is 13.8. The Kier molecular flexibility index (Phi) is 4.94. The van der Waals surface area contributed by atoms with E-state index in [1.165, 1.54) is 0 Å². The molecule has 2 N–H and O–H groups in total. The van der Waals surface area contributed by atoms with E-state index in [-0.39, 0.29) is 0 Å². The maximum absolute atomic E-state index is 10.6. The highest BCUT2D eigenvalue weighted by Gasteiger charge is 2.60. The minimum atomic E-state index is -1.11. The van der Waals surface area contributed by atoms with Crippen molar-refractivity contribution in [3.8, 4) is 0 Å². The van der Waals surface area contributed by atoms with Crippen LogP contribution in [0.2, 0.25) is 0 Å². The van der Waals surface area contributed by atoms with Crippen molar-refractivity contribution >= 4 is 0 Å². The molecule has 2 atom stereocenters. The van der Waals surface area contributed by atoms with Crippen molar-refractivity contribution in [1.82, 2.24) is 0 Å². The minimum Gasteiger partial charge on any atom is -0.390 e. The van der Waals surface area contributed by atoms with Gasteiger partial charge in [0.25, 0.3) is 0 Å². The fourth-order valence-electron chi connectivity index (χ4n) is 2.99. The Balaban J connectivity index is 3.09. The molecule has 120 valence electrons. The first-order chi connectivity index (χ1) is 8.91. The molecule has 0 aromatic carbocycles. The van der Waals surface area contributed by atoms with Crippen LogP contribution in [-0.2, 0) is 14.2 Å². The van der Waals surface area contributed by atoms with E-state index in [1.807, 2.05) is 20.8 Å². The van der Waals surface area contributed by atoms with E-state index < -0.39 is 28.7 Å². The van der Waals surface area contributed by atoms with Gasteiger partial charge in [-0.25, -0.2) is 0 Å². The summed E-state index contributed by atoms with van der Waals surface area (Å²) in [5.74, 6) is -0.776. The van der Waals surface area contributed by atoms with Crippen LogP contribution >= 0.6 is 0 Å². The van der Waals surface area contributed by atoms with Gasteiger partial charge in [0.1, 0.15) is 0 Å². The Labute approximate surface area is 122 Å². The number of aliphatic hydroxyl groups is 2. The summed E-state index contributed by atoms with van der Waals surface area (Å²) in [6.07, 6.45) is 0.465. The average Bonchev–Trinajstić information content (AvgIpc) is 2.68. The molecule has 1 rings (SSSR count). The Morgan fingerprint density at radius 3 is 1.80 bits per heavy atom. The number of ether oxygens (including phenoxy) is 3. The van der Waals surface area contributed by atoms with Crippen molar-refractivity contribution in [3.63, 3.8) is 0 Å². The summed E-state index contributed by atoms with van der Waals surface area (Å²) in [7, 11) is 3.17. The lowest BCUT2D eigenvalue weighted by Crippen LogP contribution is -2.54. The molecule has 0 bridgehead atoms. The predicted molar refractivity (Wildman–Crippen MR) is 76.2 cm³/mol. The number of methoxy groups -OCH3 is 2. The lowest BCUT2D eigenvalue weighted by Gasteiger charge is -2.46. The molecule has 1 fully saturated rings. The van der Waals surface area contributed by atoms with Gasteiger partial charge in [0.05, 0.1) is 16.6 Å². The Morgan fingerprint density at radius 2 is 1.50 bits per heavy atom. The summed E-state index contributed by atoms with van der Waals surface area (Å²) in [5.41, 5.74) is -2.44. The van der Waals surface area contributed by atoms with Gasteiger partial charge in [-0.15, -0.1) is 0 Å². The van der Waals surface area contributed by atoms with Gasteiger partial charge in [-0.1, -0.05) is 0 Å². The zero-order chi connectivity index (χ0) is 15.8. The van der Waals surface area contributed by atoms with E-state index in [0.29, 0.717) is 19.3 Å². The van der Waals surface area contributed by atoms with Crippen molar-refractivity contribution in [2.75, 3.05) is 14.2 Å². The van der Waals surface area contributed by atoms with Crippen LogP contribution < -0.4 is 0 Å². The number of hydrogen-bond donors (Lipinski definition) is 2. The molecule has 5 nitrogen and oxygen atoms in total. The molecular weight excluding hydrogens is 260 g/mol. The predicted octanol–water partition coefficient (Wildman–Crippen LogP) is 2.05. The van der Waals surface area contributed by atoms with Crippen LogP contribution in [-0.4, -0.2) is 47.7 Å². The maximum Gasteiger partial charge on any atom is 0.168 e. The molecule has 1 aliphatic carbocycles. The number of aliphatic hydroxyl groups excluding tert-OH is 1. The normalized spacial score (nSPS) is 28.6. The van der Waals surface area contributed by atoms with Crippen molar-refractivity contribution in [2.45, 2.75) is 77.2 Å². The van der Waals surface area contributed by atoms with Gasteiger partial charge in [-0.3, -0.25) is 0 Å². The van der Waals surface area contributed by atoms with E-state index in [9.17, 15) is 10.2 Å². The molecule has 1 aliphatic rings. The summed E-state index contributed by atoms with van der Waals surface area (Å²) in [4.78, 5) is 0. The van der Waals surface area contributed by atoms with E-state index >= 15 is 0 Å². The number of rotatable bonds is 5. The van der Waals surface area contributed by atoms with Crippen LogP contribution in [0.4, 0.5) is 0 Å². The second-order valence-corrected chi connectivity index (χ2v) is 7.29. The topological polar surface area (TPSA) is 68.2 Å². The van der Waals surface area contributed by atoms with E-state index in [2.05, 4.69) is 0 Å². The molecule has 0 saturated heterocycles. The van der Waals surface area contributed by atoms with Crippen LogP contribution in [0.1, 0.15) is 53.9 Å². The Hall–Kier alpha value is -0.200. The summed E-state index contributed by atoms with van der Waals surface area (Å²) in [5, 5.41) is 21.2. The van der Waals surface area contributed by atoms with Crippen molar-refractivity contribution in [3.05, 3.63) is 0 Å². The molecule has 0 aliphatic heterocycles. The first kappa shape index (κ1) is 17.9. The largest absolute Gasteiger partial charge is 0.390 e. The van der Waals surface area contributed by atoms with Crippen LogP contribution in [0, 0.1) is 5.41 Å². The Morgan fingerprint density at radius 1 is 1.00 bits per heavy atom. The van der Waals surface area contributed by atoms with Crippen LogP contribution in [0.25, 0.3) is 0 Å². The van der Waals surface area contributed by atoms with Gasteiger partial charge < -0.3 is 24.4 Å². The lowest BCUT2D eigenvalue weighted by atomic mass is 9.71. The van der Waals surface area contributed by atoms with Crippen LogP contribution in [0.15, 0.2) is 0 Å². The average molecular weight is 290 g/mol. The van der Waals surface area contributed by atoms with Gasteiger partial charge in [0, 0.05) is 27.1 Å². The SMILES string of the molecule is COC1(OC)CCC(C(O)OC(C)(C)C)(C(C)(C)O)C1. The molecule has 0 heterocycles. The van der Waals surface area contributed by atoms with Gasteiger partial charge in [-0.2, -0.15) is 0 Å². The molecule has 0 radical (unpaired) electrons. The van der Waals surface area contributed by atoms with E-state index in [0.717, 1.165) is 0 Å². The van der Waals surface area contributed by atoms with Crippen LogP contribution in [0.5, 0.6) is 0 Å². The van der Waals surface area contributed by atoms with Crippen LogP contribution in [0.3, 0.4) is 0 Å². The molecule has 0 spiro atoms. The summed E-state index contributed by atoms with van der Waals surface area (Å²) < 4.78 is 16.7. The quantitative estimate of drug-likeness (QED) is 0.759. The third kappa shape index (κ3) is 3.34. The Bertz CT molecular complexity index is 324. The summed E-state index contributed by atoms with van der Waals surface area (Å²) >= 11 is 0. The third-order valence-electron chi connectivity index (χ3n) is 4.44. The summed E-state index contributed by atoms with van der Waals surface area (Å²) in [6, 6.07) is 0. The van der Waals surface area contributed by atoms with Gasteiger partial charge in [0.15, 0.2) is 12.1 Å². The standard InChI is InChI=1S/C15H30O5/c1-12(2,3)20-11(16)14(13(4,5)17)8-9-15(10-14,18-6)19-7/h11,16-17H,8-10H2,1-7H3. The molecule has 0 aromatic rings. The summed E-state index contributed by atoms with van der Waals surface area (Å²) in [6.45, 7) is 9.03. The van der Waals surface area contributed by atoms with Gasteiger partial charge >= 0.3 is 0 Å². The maximum atomic E-state index is 10.6. The fourth-order valence-corrected chi connectivity index (χ4v) is 2.99. The molecule has 2 unspecified atom stereocenters. The minimum absolute atomic E-state index is 0.383. The lowest BCUT2D eigenvalue weighted by molar-refractivity contribution is -0.279. The van der Waals surface area contributed by atoms with E-state index in [1.54, 1.807) is 28.1 Å². The molecular formula is C15H30O5. The second-order valence-electron chi connectivity index (χ2n) is 7.29. The molecule has 0 aromatic heterocycles.